The zero-order valence-electron chi connectivity index (χ0n) is 19.6. The molecule has 1 atom stereocenters. The molecule has 1 aromatic rings. The van der Waals surface area contributed by atoms with Gasteiger partial charge in [-0.05, 0) is 62.5 Å². The number of hydrogen-bond donors (Lipinski definition) is 1. The number of hydrogen-bond acceptors (Lipinski definition) is 1. The van der Waals surface area contributed by atoms with Crippen molar-refractivity contribution in [3.05, 3.63) is 60.5 Å². The lowest BCUT2D eigenvalue weighted by Gasteiger charge is -2.24. The third kappa shape index (κ3) is 7.27. The summed E-state index contributed by atoms with van der Waals surface area (Å²) in [6, 6.07) is 0. The highest BCUT2D eigenvalue weighted by molar-refractivity contribution is 5.88. The first kappa shape index (κ1) is 24.8. The third-order valence-corrected chi connectivity index (χ3v) is 4.98. The van der Waals surface area contributed by atoms with Crippen molar-refractivity contribution in [3.8, 4) is 0 Å². The van der Waals surface area contributed by atoms with E-state index < -0.39 is 0 Å². The highest BCUT2D eigenvalue weighted by Gasteiger charge is 2.21. The molecule has 1 aliphatic carbocycles. The molecule has 0 saturated heterocycles. The first-order valence-corrected chi connectivity index (χ1v) is 10.9. The van der Waals surface area contributed by atoms with Crippen molar-refractivity contribution in [1.82, 2.24) is 4.57 Å². The predicted octanol–water partition coefficient (Wildman–Crippen LogP) is 8.13. The Kier molecular flexibility index (Phi) is 10.0. The van der Waals surface area contributed by atoms with Crippen LogP contribution in [0, 0.1) is 11.3 Å². The van der Waals surface area contributed by atoms with Gasteiger partial charge in [0.25, 0.3) is 0 Å². The Morgan fingerprint density at radius 3 is 2.34 bits per heavy atom. The van der Waals surface area contributed by atoms with Gasteiger partial charge >= 0.3 is 0 Å². The smallest absolute Gasteiger partial charge is 0.0721 e. The minimum atomic E-state index is 0.365. The van der Waals surface area contributed by atoms with E-state index in [0.29, 0.717) is 11.3 Å². The summed E-state index contributed by atoms with van der Waals surface area (Å²) in [5, 5.41) is 0. The van der Waals surface area contributed by atoms with Crippen LogP contribution in [0.2, 0.25) is 0 Å². The van der Waals surface area contributed by atoms with Gasteiger partial charge in [-0.1, -0.05) is 70.7 Å². The van der Waals surface area contributed by atoms with Gasteiger partial charge < -0.3 is 10.3 Å². The van der Waals surface area contributed by atoms with E-state index >= 15 is 0 Å². The van der Waals surface area contributed by atoms with Gasteiger partial charge in [0.05, 0.1) is 17.1 Å². The summed E-state index contributed by atoms with van der Waals surface area (Å²) in [6.07, 6.45) is 19.2. The van der Waals surface area contributed by atoms with Crippen LogP contribution in [-0.2, 0) is 6.54 Å². The second-order valence-corrected chi connectivity index (χ2v) is 9.12. The maximum Gasteiger partial charge on any atom is 0.0721 e. The quantitative estimate of drug-likeness (QED) is 0.465. The van der Waals surface area contributed by atoms with Crippen LogP contribution in [0.1, 0.15) is 84.2 Å². The van der Waals surface area contributed by atoms with Crippen LogP contribution in [0.25, 0.3) is 17.7 Å². The molecule has 0 saturated carbocycles. The van der Waals surface area contributed by atoms with E-state index in [-0.39, 0.29) is 0 Å². The van der Waals surface area contributed by atoms with Crippen LogP contribution in [-0.4, -0.2) is 4.57 Å². The van der Waals surface area contributed by atoms with Gasteiger partial charge in [-0.2, -0.15) is 0 Å². The number of nitrogen functional groups attached to an aromatic ring is 1. The highest BCUT2D eigenvalue weighted by atomic mass is 15.0. The average Bonchev–Trinajstić information content (AvgIpc) is 2.91. The molecule has 160 valence electrons. The van der Waals surface area contributed by atoms with Gasteiger partial charge in [0.15, 0.2) is 0 Å². The van der Waals surface area contributed by atoms with Gasteiger partial charge in [0.2, 0.25) is 0 Å². The van der Waals surface area contributed by atoms with Crippen LogP contribution < -0.4 is 5.73 Å². The number of aromatic nitrogens is 1. The molecule has 0 fully saturated rings. The molecule has 2 heteroatoms. The maximum absolute atomic E-state index is 6.61. The third-order valence-electron chi connectivity index (χ3n) is 4.98. The standard InChI is InChI=1S/C24H36N2.C3H6/c1-7-12-20-21(8-2)26(16-15-18(3)17-24(4,5)6)23(22(20)25)19-13-10-9-11-14-19;1-3-2/h7-8,10,12-14,18H,2,9,11,15-17,25H2,1,3-6H3;3H,1H2,2H3/b12-7-;. The molecule has 1 heterocycles. The van der Waals surface area contributed by atoms with E-state index in [9.17, 15) is 0 Å². The van der Waals surface area contributed by atoms with Crippen molar-refractivity contribution in [2.24, 2.45) is 11.3 Å². The summed E-state index contributed by atoms with van der Waals surface area (Å²) in [6.45, 7) is 21.6. The van der Waals surface area contributed by atoms with Gasteiger partial charge in [-0.15, -0.1) is 6.58 Å². The van der Waals surface area contributed by atoms with Crippen molar-refractivity contribution in [3.63, 3.8) is 0 Å². The Bertz CT molecular complexity index is 763. The fourth-order valence-corrected chi connectivity index (χ4v) is 4.07. The lowest BCUT2D eigenvalue weighted by Crippen LogP contribution is -2.14. The molecule has 0 radical (unpaired) electrons. The molecule has 1 unspecified atom stereocenters. The van der Waals surface area contributed by atoms with Gasteiger partial charge in [-0.25, -0.2) is 0 Å². The highest BCUT2D eigenvalue weighted by Crippen LogP contribution is 2.36. The SMILES string of the molecule is C=CC.C=Cc1c(/C=C\C)c(N)c(C2=CCCC=C2)n1CCC(C)CC(C)(C)C. The van der Waals surface area contributed by atoms with Crippen LogP contribution >= 0.6 is 0 Å². The van der Waals surface area contributed by atoms with Crippen LogP contribution in [0.4, 0.5) is 5.69 Å². The van der Waals surface area contributed by atoms with Crippen LogP contribution in [0.3, 0.4) is 0 Å². The average molecular weight is 395 g/mol. The second-order valence-electron chi connectivity index (χ2n) is 9.12. The Balaban J connectivity index is 0.00000132. The fraction of sp³-hybridized carbons (Fsp3) is 0.481. The summed E-state index contributed by atoms with van der Waals surface area (Å²) in [7, 11) is 0. The van der Waals surface area contributed by atoms with E-state index in [1.54, 1.807) is 6.08 Å². The molecule has 2 nitrogen and oxygen atoms in total. The minimum Gasteiger partial charge on any atom is -0.396 e. The zero-order valence-corrected chi connectivity index (χ0v) is 19.6. The molecular formula is C27H42N2. The first-order chi connectivity index (χ1) is 13.7. The molecule has 0 amide bonds. The number of allylic oxidation sites excluding steroid dienone is 6. The molecule has 29 heavy (non-hydrogen) atoms. The maximum atomic E-state index is 6.61. The van der Waals surface area contributed by atoms with E-state index in [4.69, 9.17) is 5.73 Å². The predicted molar refractivity (Wildman–Crippen MR) is 134 cm³/mol. The largest absolute Gasteiger partial charge is 0.396 e. The molecule has 2 rings (SSSR count). The van der Waals surface area contributed by atoms with Gasteiger partial charge in [0.1, 0.15) is 0 Å². The molecular weight excluding hydrogens is 352 g/mol. The molecule has 1 aromatic heterocycles. The number of anilines is 1. The Hall–Kier alpha value is -2.22. The van der Waals surface area contributed by atoms with Crippen LogP contribution in [0.5, 0.6) is 0 Å². The molecule has 0 aromatic carbocycles. The number of nitrogens with two attached hydrogens (primary N) is 1. The Morgan fingerprint density at radius 1 is 1.21 bits per heavy atom. The summed E-state index contributed by atoms with van der Waals surface area (Å²) >= 11 is 0. The van der Waals surface area contributed by atoms with Crippen molar-refractivity contribution >= 4 is 23.4 Å². The molecule has 1 aliphatic rings. The minimum absolute atomic E-state index is 0.365. The summed E-state index contributed by atoms with van der Waals surface area (Å²) in [5.74, 6) is 0.671. The van der Waals surface area contributed by atoms with Crippen LogP contribution in [0.15, 0.2) is 43.5 Å². The second kappa shape index (κ2) is 11.7. The van der Waals surface area contributed by atoms with E-state index in [0.717, 1.165) is 48.4 Å². The monoisotopic (exact) mass is 394 g/mol. The molecule has 0 spiro atoms. The Morgan fingerprint density at radius 2 is 1.86 bits per heavy atom. The number of rotatable bonds is 7. The van der Waals surface area contributed by atoms with Crippen molar-refractivity contribution in [1.29, 1.82) is 0 Å². The van der Waals surface area contributed by atoms with Gasteiger partial charge in [-0.3, -0.25) is 0 Å². The van der Waals surface area contributed by atoms with Crippen molar-refractivity contribution < 1.29 is 0 Å². The summed E-state index contributed by atoms with van der Waals surface area (Å²) < 4.78 is 2.39. The Labute approximate surface area is 179 Å². The van der Waals surface area contributed by atoms with Crippen molar-refractivity contribution in [2.75, 3.05) is 5.73 Å². The lowest BCUT2D eigenvalue weighted by molar-refractivity contribution is 0.289. The topological polar surface area (TPSA) is 30.9 Å². The zero-order chi connectivity index (χ0) is 22.0. The molecule has 0 bridgehead atoms. The normalized spacial score (nSPS) is 14.9. The molecule has 0 aliphatic heterocycles. The first-order valence-electron chi connectivity index (χ1n) is 10.9. The molecule has 2 N–H and O–H groups in total. The van der Waals surface area contributed by atoms with E-state index in [1.807, 2.05) is 19.9 Å². The van der Waals surface area contributed by atoms with Gasteiger partial charge in [0, 0.05) is 12.1 Å². The summed E-state index contributed by atoms with van der Waals surface area (Å²) in [4.78, 5) is 0. The number of nitrogens with zero attached hydrogens (tertiary/aromatic N) is 1. The fourth-order valence-electron chi connectivity index (χ4n) is 4.07. The van der Waals surface area contributed by atoms with Crippen molar-refractivity contribution in [2.45, 2.75) is 73.8 Å². The summed E-state index contributed by atoms with van der Waals surface area (Å²) in [5.41, 5.74) is 12.5. The lowest BCUT2D eigenvalue weighted by atomic mass is 9.84. The van der Waals surface area contributed by atoms with E-state index in [2.05, 4.69) is 75.8 Å². The van der Waals surface area contributed by atoms with E-state index in [1.165, 1.54) is 12.0 Å².